The number of halogens is 1. The first-order chi connectivity index (χ1) is 8.85. The molecule has 1 aliphatic rings. The highest BCUT2D eigenvalue weighted by Gasteiger charge is 2.36. The Labute approximate surface area is 126 Å². The zero-order valence-corrected chi connectivity index (χ0v) is 13.1. The zero-order chi connectivity index (χ0) is 14.5. The molecule has 1 unspecified atom stereocenters. The highest BCUT2D eigenvalue weighted by molar-refractivity contribution is 5.86. The summed E-state index contributed by atoms with van der Waals surface area (Å²) in [6.45, 7) is 6.53. The number of nitrogens with two attached hydrogens (primary N) is 1. The third kappa shape index (κ3) is 5.64. The third-order valence-electron chi connectivity index (χ3n) is 3.16. The van der Waals surface area contributed by atoms with E-state index >= 15 is 0 Å². The lowest BCUT2D eigenvalue weighted by Gasteiger charge is -2.32. The molecule has 0 aromatic carbocycles. The number of hydrogen-bond acceptors (Lipinski definition) is 5. The van der Waals surface area contributed by atoms with Crippen molar-refractivity contribution in [1.82, 2.24) is 5.32 Å². The Hall–Kier alpha value is -0.850. The predicted octanol–water partition coefficient (Wildman–Crippen LogP) is 0.620. The van der Waals surface area contributed by atoms with Crippen LogP contribution in [0.2, 0.25) is 0 Å². The minimum absolute atomic E-state index is 0. The lowest BCUT2D eigenvalue weighted by Crippen LogP contribution is -2.57. The molecular formula is C13H25ClN2O4. The summed E-state index contributed by atoms with van der Waals surface area (Å²) in [5.74, 6) is -0.914. The minimum atomic E-state index is -0.875. The zero-order valence-electron chi connectivity index (χ0n) is 12.3. The molecule has 1 atom stereocenters. The van der Waals surface area contributed by atoms with Crippen LogP contribution in [0.1, 0.15) is 33.6 Å². The van der Waals surface area contributed by atoms with Crippen LogP contribution in [0.3, 0.4) is 0 Å². The topological polar surface area (TPSA) is 90.7 Å². The van der Waals surface area contributed by atoms with Crippen molar-refractivity contribution in [1.29, 1.82) is 0 Å². The van der Waals surface area contributed by atoms with Crippen LogP contribution in [-0.2, 0) is 19.1 Å². The number of nitrogens with one attached hydrogen (secondary N) is 1. The fourth-order valence-electron chi connectivity index (χ4n) is 1.82. The molecule has 3 N–H and O–H groups in total. The van der Waals surface area contributed by atoms with Gasteiger partial charge in [0.1, 0.15) is 0 Å². The average Bonchev–Trinajstić information content (AvgIpc) is 2.35. The Morgan fingerprint density at radius 2 is 1.85 bits per heavy atom. The van der Waals surface area contributed by atoms with E-state index in [1.54, 1.807) is 20.8 Å². The number of amides is 1. The quantitative estimate of drug-likeness (QED) is 0.727. The molecular weight excluding hydrogens is 284 g/mol. The summed E-state index contributed by atoms with van der Waals surface area (Å²) in [6, 6.07) is 0. The van der Waals surface area contributed by atoms with E-state index in [1.807, 2.05) is 0 Å². The highest BCUT2D eigenvalue weighted by Crippen LogP contribution is 2.17. The van der Waals surface area contributed by atoms with Gasteiger partial charge in [-0.3, -0.25) is 9.59 Å². The second-order valence-corrected chi connectivity index (χ2v) is 5.37. The number of ether oxygens (including phenoxy) is 2. The molecule has 118 valence electrons. The Bertz CT molecular complexity index is 330. The second-order valence-electron chi connectivity index (χ2n) is 5.37. The van der Waals surface area contributed by atoms with Crippen molar-refractivity contribution in [2.24, 2.45) is 11.7 Å². The summed E-state index contributed by atoms with van der Waals surface area (Å²) in [7, 11) is 0. The van der Waals surface area contributed by atoms with Gasteiger partial charge in [0, 0.05) is 19.8 Å². The fraction of sp³-hybridized carbons (Fsp3) is 0.846. The van der Waals surface area contributed by atoms with Crippen LogP contribution in [0.25, 0.3) is 0 Å². The summed E-state index contributed by atoms with van der Waals surface area (Å²) in [6.07, 6.45) is 0.856. The summed E-state index contributed by atoms with van der Waals surface area (Å²) >= 11 is 0. The molecule has 1 amide bonds. The molecule has 1 rings (SSSR count). The Balaban J connectivity index is 0.00000361. The number of rotatable bonds is 5. The van der Waals surface area contributed by atoms with Crippen LogP contribution in [0.15, 0.2) is 0 Å². The van der Waals surface area contributed by atoms with Crippen molar-refractivity contribution in [2.45, 2.75) is 45.3 Å². The standard InChI is InChI=1S/C13H24N2O4.ClH/c1-9(2)19-11(16)10(3)8-15-12(17)13(14)4-6-18-7-5-13;/h9-10H,4-8,14H2,1-3H3,(H,15,17);1H. The molecule has 1 heterocycles. The minimum Gasteiger partial charge on any atom is -0.463 e. The van der Waals surface area contributed by atoms with Gasteiger partial charge in [-0.1, -0.05) is 6.92 Å². The van der Waals surface area contributed by atoms with Crippen molar-refractivity contribution < 1.29 is 19.1 Å². The van der Waals surface area contributed by atoms with Gasteiger partial charge in [0.2, 0.25) is 5.91 Å². The van der Waals surface area contributed by atoms with Crippen LogP contribution < -0.4 is 11.1 Å². The number of hydrogen-bond donors (Lipinski definition) is 2. The van der Waals surface area contributed by atoms with Crippen LogP contribution in [0, 0.1) is 5.92 Å². The van der Waals surface area contributed by atoms with Gasteiger partial charge in [0.05, 0.1) is 17.6 Å². The van der Waals surface area contributed by atoms with Crippen LogP contribution in [0.4, 0.5) is 0 Å². The molecule has 0 aliphatic carbocycles. The normalized spacial score (nSPS) is 18.9. The van der Waals surface area contributed by atoms with Crippen LogP contribution in [0.5, 0.6) is 0 Å². The molecule has 0 saturated carbocycles. The first-order valence-electron chi connectivity index (χ1n) is 6.70. The van der Waals surface area contributed by atoms with E-state index < -0.39 is 5.54 Å². The van der Waals surface area contributed by atoms with Crippen molar-refractivity contribution in [2.75, 3.05) is 19.8 Å². The maximum absolute atomic E-state index is 12.0. The Morgan fingerprint density at radius 3 is 2.35 bits per heavy atom. The van der Waals surface area contributed by atoms with Crippen molar-refractivity contribution in [3.63, 3.8) is 0 Å². The predicted molar refractivity (Wildman–Crippen MR) is 77.6 cm³/mol. The van der Waals surface area contributed by atoms with Gasteiger partial charge in [0.25, 0.3) is 0 Å². The lowest BCUT2D eigenvalue weighted by atomic mass is 9.90. The Morgan fingerprint density at radius 1 is 1.30 bits per heavy atom. The smallest absolute Gasteiger partial charge is 0.310 e. The maximum atomic E-state index is 12.0. The maximum Gasteiger partial charge on any atom is 0.310 e. The third-order valence-corrected chi connectivity index (χ3v) is 3.16. The summed E-state index contributed by atoms with van der Waals surface area (Å²) in [5, 5.41) is 2.73. The van der Waals surface area contributed by atoms with E-state index in [0.29, 0.717) is 26.1 Å². The fourth-order valence-corrected chi connectivity index (χ4v) is 1.82. The number of esters is 1. The first-order valence-corrected chi connectivity index (χ1v) is 6.70. The summed E-state index contributed by atoms with van der Waals surface area (Å²) in [5.41, 5.74) is 5.16. The Kier molecular flexibility index (Phi) is 8.08. The molecule has 0 bridgehead atoms. The van der Waals surface area contributed by atoms with Gasteiger partial charge >= 0.3 is 5.97 Å². The highest BCUT2D eigenvalue weighted by atomic mass is 35.5. The van der Waals surface area contributed by atoms with Gasteiger partial charge in [0.15, 0.2) is 0 Å². The molecule has 1 fully saturated rings. The first kappa shape index (κ1) is 19.1. The van der Waals surface area contributed by atoms with Crippen LogP contribution >= 0.6 is 12.4 Å². The molecule has 0 spiro atoms. The van der Waals surface area contributed by atoms with Crippen molar-refractivity contribution in [3.05, 3.63) is 0 Å². The van der Waals surface area contributed by atoms with Crippen molar-refractivity contribution >= 4 is 24.3 Å². The van der Waals surface area contributed by atoms with Gasteiger partial charge in [-0.2, -0.15) is 0 Å². The molecule has 1 aliphatic heterocycles. The molecule has 6 nitrogen and oxygen atoms in total. The number of carbonyl (C=O) groups is 2. The van der Waals surface area contributed by atoms with Gasteiger partial charge in [-0.15, -0.1) is 12.4 Å². The molecule has 0 radical (unpaired) electrons. The van der Waals surface area contributed by atoms with E-state index in [9.17, 15) is 9.59 Å². The molecule has 7 heteroatoms. The van der Waals surface area contributed by atoms with E-state index in [-0.39, 0.29) is 42.9 Å². The second kappa shape index (κ2) is 8.44. The van der Waals surface area contributed by atoms with Crippen LogP contribution in [-0.4, -0.2) is 43.3 Å². The van der Waals surface area contributed by atoms with E-state index in [2.05, 4.69) is 5.32 Å². The molecule has 0 aromatic heterocycles. The largest absolute Gasteiger partial charge is 0.463 e. The lowest BCUT2D eigenvalue weighted by molar-refractivity contribution is -0.151. The summed E-state index contributed by atoms with van der Waals surface area (Å²) < 4.78 is 10.3. The van der Waals surface area contributed by atoms with Gasteiger partial charge < -0.3 is 20.5 Å². The van der Waals surface area contributed by atoms with Gasteiger partial charge in [-0.25, -0.2) is 0 Å². The van der Waals surface area contributed by atoms with E-state index in [0.717, 1.165) is 0 Å². The SMILES string of the molecule is CC(C)OC(=O)C(C)CNC(=O)C1(N)CCOCC1.Cl. The van der Waals surface area contributed by atoms with Gasteiger partial charge in [-0.05, 0) is 26.7 Å². The molecule has 0 aromatic rings. The molecule has 1 saturated heterocycles. The average molecular weight is 309 g/mol. The monoisotopic (exact) mass is 308 g/mol. The summed E-state index contributed by atoms with van der Waals surface area (Å²) in [4.78, 5) is 23.6. The number of carbonyl (C=O) groups excluding carboxylic acids is 2. The van der Waals surface area contributed by atoms with E-state index in [4.69, 9.17) is 15.2 Å². The molecule has 20 heavy (non-hydrogen) atoms. The van der Waals surface area contributed by atoms with E-state index in [1.165, 1.54) is 0 Å². The van der Waals surface area contributed by atoms with Crippen molar-refractivity contribution in [3.8, 4) is 0 Å².